The number of amides is 1. The highest BCUT2D eigenvalue weighted by molar-refractivity contribution is 7.89. The molecule has 0 atom stereocenters. The van der Waals surface area contributed by atoms with Crippen LogP contribution in [0.3, 0.4) is 0 Å². The van der Waals surface area contributed by atoms with Crippen LogP contribution in [0, 0.1) is 0 Å². The zero-order valence-corrected chi connectivity index (χ0v) is 24.2. The first-order valence-corrected chi connectivity index (χ1v) is 14.5. The van der Waals surface area contributed by atoms with Gasteiger partial charge in [-0.2, -0.15) is 9.30 Å². The van der Waals surface area contributed by atoms with E-state index in [2.05, 4.69) is 4.99 Å². The van der Waals surface area contributed by atoms with Crippen LogP contribution in [0.1, 0.15) is 27.6 Å². The summed E-state index contributed by atoms with van der Waals surface area (Å²) in [6, 6.07) is 10.2. The van der Waals surface area contributed by atoms with E-state index in [0.717, 1.165) is 11.3 Å². The van der Waals surface area contributed by atoms with Gasteiger partial charge in [0.2, 0.25) is 10.0 Å². The monoisotopic (exact) mass is 593 g/mol. The SMILES string of the molecule is CCOC(=O)Cn1c(=NC(=O)c2ccc(S(=O)(=O)N(CCOC)CCOC)cc2)sc2cc(C(=O)OC)ccc21. The number of nitrogens with zero attached hydrogens (tertiary/aromatic N) is 3. The lowest BCUT2D eigenvalue weighted by Crippen LogP contribution is -2.36. The largest absolute Gasteiger partial charge is 0.465 e. The highest BCUT2D eigenvalue weighted by Gasteiger charge is 2.24. The first-order valence-electron chi connectivity index (χ1n) is 12.2. The Bertz CT molecular complexity index is 1520. The number of thiazole rings is 1. The molecular weight excluding hydrogens is 562 g/mol. The van der Waals surface area contributed by atoms with Gasteiger partial charge in [-0.1, -0.05) is 11.3 Å². The van der Waals surface area contributed by atoms with Crippen molar-refractivity contribution in [2.75, 3.05) is 54.2 Å². The quantitative estimate of drug-likeness (QED) is 0.272. The van der Waals surface area contributed by atoms with Gasteiger partial charge in [-0.05, 0) is 49.4 Å². The smallest absolute Gasteiger partial charge is 0.337 e. The standard InChI is InChI=1S/C26H31N3O9S2/c1-5-38-23(30)17-29-21-11-8-19(25(32)37-4)16-22(21)39-26(29)27-24(31)18-6-9-20(10-7-18)40(33,34)28(12-14-35-2)13-15-36-3/h6-11,16H,5,12-15,17H2,1-4H3. The summed E-state index contributed by atoms with van der Waals surface area (Å²) in [5.41, 5.74) is 1.03. The van der Waals surface area contributed by atoms with Gasteiger partial charge in [0.15, 0.2) is 4.80 Å². The lowest BCUT2D eigenvalue weighted by molar-refractivity contribution is -0.143. The molecule has 1 aromatic heterocycles. The summed E-state index contributed by atoms with van der Waals surface area (Å²) < 4.78 is 49.6. The van der Waals surface area contributed by atoms with E-state index in [1.807, 2.05) is 0 Å². The van der Waals surface area contributed by atoms with Crippen LogP contribution in [0.25, 0.3) is 10.2 Å². The van der Waals surface area contributed by atoms with Crippen LogP contribution in [0.2, 0.25) is 0 Å². The zero-order chi connectivity index (χ0) is 29.3. The molecule has 1 heterocycles. The molecule has 0 N–H and O–H groups in total. The Labute approximate surface area is 235 Å². The van der Waals surface area contributed by atoms with Gasteiger partial charge in [-0.25, -0.2) is 13.2 Å². The Morgan fingerprint density at radius 3 is 2.15 bits per heavy atom. The molecular formula is C26H31N3O9S2. The van der Waals surface area contributed by atoms with E-state index < -0.39 is 27.9 Å². The fourth-order valence-corrected chi connectivity index (χ4v) is 6.18. The highest BCUT2D eigenvalue weighted by atomic mass is 32.2. The maximum absolute atomic E-state index is 13.1. The van der Waals surface area contributed by atoms with Crippen molar-refractivity contribution in [3.05, 3.63) is 58.4 Å². The van der Waals surface area contributed by atoms with E-state index in [1.165, 1.54) is 54.5 Å². The molecule has 1 amide bonds. The van der Waals surface area contributed by atoms with Crippen LogP contribution in [-0.4, -0.2) is 89.4 Å². The number of aromatic nitrogens is 1. The molecule has 216 valence electrons. The minimum absolute atomic E-state index is 0.00540. The number of sulfonamides is 1. The third kappa shape index (κ3) is 7.40. The summed E-state index contributed by atoms with van der Waals surface area (Å²) in [4.78, 5) is 41.8. The predicted molar refractivity (Wildman–Crippen MR) is 147 cm³/mol. The molecule has 0 aliphatic heterocycles. The molecule has 0 spiro atoms. The second kappa shape index (κ2) is 14.3. The van der Waals surface area contributed by atoms with Gasteiger partial charge >= 0.3 is 11.9 Å². The third-order valence-corrected chi connectivity index (χ3v) is 8.68. The number of esters is 2. The number of hydrogen-bond donors (Lipinski definition) is 0. The lowest BCUT2D eigenvalue weighted by atomic mass is 10.2. The molecule has 3 aromatic rings. The fourth-order valence-electron chi connectivity index (χ4n) is 3.70. The predicted octanol–water partition coefficient (Wildman–Crippen LogP) is 2.08. The summed E-state index contributed by atoms with van der Waals surface area (Å²) >= 11 is 1.11. The maximum Gasteiger partial charge on any atom is 0.337 e. The van der Waals surface area contributed by atoms with Crippen LogP contribution in [0.4, 0.5) is 0 Å². The summed E-state index contributed by atoms with van der Waals surface area (Å²) in [7, 11) is 0.374. The maximum atomic E-state index is 13.1. The summed E-state index contributed by atoms with van der Waals surface area (Å²) in [5.74, 6) is -1.69. The highest BCUT2D eigenvalue weighted by Crippen LogP contribution is 2.21. The molecule has 40 heavy (non-hydrogen) atoms. The molecule has 12 nitrogen and oxygen atoms in total. The van der Waals surface area contributed by atoms with E-state index in [4.69, 9.17) is 18.9 Å². The van der Waals surface area contributed by atoms with Crippen molar-refractivity contribution in [1.29, 1.82) is 0 Å². The van der Waals surface area contributed by atoms with Crippen molar-refractivity contribution in [3.63, 3.8) is 0 Å². The van der Waals surface area contributed by atoms with Crippen molar-refractivity contribution in [1.82, 2.24) is 8.87 Å². The Morgan fingerprint density at radius 1 is 0.950 bits per heavy atom. The minimum Gasteiger partial charge on any atom is -0.465 e. The van der Waals surface area contributed by atoms with Gasteiger partial charge < -0.3 is 23.5 Å². The second-order valence-corrected chi connectivity index (χ2v) is 11.2. The van der Waals surface area contributed by atoms with Crippen molar-refractivity contribution in [3.8, 4) is 0 Å². The van der Waals surface area contributed by atoms with Crippen LogP contribution < -0.4 is 4.80 Å². The molecule has 0 fully saturated rings. The van der Waals surface area contributed by atoms with Crippen LogP contribution in [0.5, 0.6) is 0 Å². The van der Waals surface area contributed by atoms with Crippen molar-refractivity contribution in [2.45, 2.75) is 18.4 Å². The molecule has 3 rings (SSSR count). The lowest BCUT2D eigenvalue weighted by Gasteiger charge is -2.21. The van der Waals surface area contributed by atoms with Crippen molar-refractivity contribution in [2.24, 2.45) is 4.99 Å². The van der Waals surface area contributed by atoms with Gasteiger partial charge in [-0.15, -0.1) is 0 Å². The fraction of sp³-hybridized carbons (Fsp3) is 0.385. The molecule has 0 saturated carbocycles. The van der Waals surface area contributed by atoms with Gasteiger partial charge in [-0.3, -0.25) is 9.59 Å². The van der Waals surface area contributed by atoms with Gasteiger partial charge in [0.1, 0.15) is 6.54 Å². The molecule has 0 unspecified atom stereocenters. The number of carbonyl (C=O) groups is 3. The molecule has 0 aliphatic carbocycles. The van der Waals surface area contributed by atoms with Gasteiger partial charge in [0.25, 0.3) is 5.91 Å². The van der Waals surface area contributed by atoms with Crippen LogP contribution in [-0.2, 0) is 40.3 Å². The minimum atomic E-state index is -3.86. The Kier molecular flexibility index (Phi) is 11.1. The average molecular weight is 594 g/mol. The molecule has 0 aliphatic rings. The second-order valence-electron chi connectivity index (χ2n) is 8.28. The topological polar surface area (TPSA) is 143 Å². The number of hydrogen-bond acceptors (Lipinski definition) is 10. The van der Waals surface area contributed by atoms with E-state index >= 15 is 0 Å². The van der Waals surface area contributed by atoms with E-state index in [-0.39, 0.29) is 54.7 Å². The van der Waals surface area contributed by atoms with Gasteiger partial charge in [0, 0.05) is 32.9 Å². The van der Waals surface area contributed by atoms with E-state index in [1.54, 1.807) is 25.1 Å². The van der Waals surface area contributed by atoms with Crippen molar-refractivity contribution < 1.29 is 41.7 Å². The molecule has 2 aromatic carbocycles. The molecule has 0 radical (unpaired) electrons. The Balaban J connectivity index is 1.98. The number of methoxy groups -OCH3 is 3. The number of rotatable bonds is 13. The summed E-state index contributed by atoms with van der Waals surface area (Å²) in [6.45, 7) is 2.37. The van der Waals surface area contributed by atoms with Crippen LogP contribution in [0.15, 0.2) is 52.4 Å². The number of ether oxygens (including phenoxy) is 4. The van der Waals surface area contributed by atoms with E-state index in [0.29, 0.717) is 15.8 Å². The normalized spacial score (nSPS) is 12.2. The Morgan fingerprint density at radius 2 is 1.57 bits per heavy atom. The van der Waals surface area contributed by atoms with Crippen molar-refractivity contribution >= 4 is 49.4 Å². The van der Waals surface area contributed by atoms with E-state index in [9.17, 15) is 22.8 Å². The number of benzene rings is 2. The van der Waals surface area contributed by atoms with Crippen LogP contribution >= 0.6 is 11.3 Å². The zero-order valence-electron chi connectivity index (χ0n) is 22.6. The molecule has 14 heteroatoms. The molecule has 0 saturated heterocycles. The first-order chi connectivity index (χ1) is 19.2. The average Bonchev–Trinajstić information content (AvgIpc) is 3.28. The third-order valence-electron chi connectivity index (χ3n) is 5.72. The Hall–Kier alpha value is -3.43. The van der Waals surface area contributed by atoms with Gasteiger partial charge in [0.05, 0.1) is 47.6 Å². The number of fused-ring (bicyclic) bond motifs is 1. The molecule has 0 bridgehead atoms. The summed E-state index contributed by atoms with van der Waals surface area (Å²) in [5, 5.41) is 0. The first kappa shape index (κ1) is 31.1. The summed E-state index contributed by atoms with van der Waals surface area (Å²) in [6.07, 6.45) is 0. The number of carbonyl (C=O) groups excluding carboxylic acids is 3.